The third-order valence-electron chi connectivity index (χ3n) is 4.56. The molecule has 3 aromatic rings. The molecule has 27 heavy (non-hydrogen) atoms. The van der Waals surface area contributed by atoms with Gasteiger partial charge < -0.3 is 9.80 Å². The Kier molecular flexibility index (Phi) is 4.73. The summed E-state index contributed by atoms with van der Waals surface area (Å²) in [6.45, 7) is 4.34. The van der Waals surface area contributed by atoms with Gasteiger partial charge in [-0.1, -0.05) is 22.9 Å². The molecule has 10 heteroatoms. The first-order valence-corrected chi connectivity index (χ1v) is 9.57. The molecular weight excluding hydrogens is 396 g/mol. The molecule has 3 heterocycles. The van der Waals surface area contributed by atoms with Gasteiger partial charge in [-0.05, 0) is 24.6 Å². The number of benzene rings is 1. The minimum atomic E-state index is -2.77. The third-order valence-corrected chi connectivity index (χ3v) is 6.05. The first-order valence-electron chi connectivity index (χ1n) is 8.37. The Morgan fingerprint density at radius 3 is 2.59 bits per heavy atom. The van der Waals surface area contributed by atoms with Crippen molar-refractivity contribution in [1.29, 1.82) is 0 Å². The van der Waals surface area contributed by atoms with Crippen molar-refractivity contribution in [3.8, 4) is 0 Å². The van der Waals surface area contributed by atoms with E-state index in [-0.39, 0.29) is 5.95 Å². The largest absolute Gasteiger partial charge is 0.345 e. The minimum Gasteiger partial charge on any atom is -0.345 e. The van der Waals surface area contributed by atoms with E-state index in [0.717, 1.165) is 27.0 Å². The van der Waals surface area contributed by atoms with E-state index in [4.69, 9.17) is 16.6 Å². The molecule has 1 aromatic carbocycles. The molecule has 0 unspecified atom stereocenters. The number of hydrogen-bond donors (Lipinski definition) is 1. The van der Waals surface area contributed by atoms with Crippen molar-refractivity contribution in [3.05, 3.63) is 44.8 Å². The molecule has 1 aliphatic heterocycles. The lowest BCUT2D eigenvalue weighted by Gasteiger charge is -2.34. The zero-order chi connectivity index (χ0) is 19.1. The number of aromatic nitrogens is 3. The Labute approximate surface area is 162 Å². The van der Waals surface area contributed by atoms with E-state index >= 15 is 0 Å². The summed E-state index contributed by atoms with van der Waals surface area (Å²) < 4.78 is 26.8. The molecular formula is C17H16ClF2N5OS. The number of hydrogen-bond acceptors (Lipinski definition) is 6. The molecule has 0 aliphatic carbocycles. The van der Waals surface area contributed by atoms with Crippen LogP contribution >= 0.6 is 22.9 Å². The standard InChI is InChI=1S/C17H16ClF2N5OS/c1-9-10(18)2-3-12-14(9)23-17(27-12)25-6-4-24(5-7-25)16-21-11(15(19)20)8-13(26)22-16/h2-3,8,15H,4-7H2,1H3,(H,21,22,26). The van der Waals surface area contributed by atoms with Crippen LogP contribution in [0.25, 0.3) is 10.2 Å². The van der Waals surface area contributed by atoms with Crippen molar-refractivity contribution in [1.82, 2.24) is 15.0 Å². The van der Waals surface area contributed by atoms with Crippen LogP contribution in [0, 0.1) is 6.92 Å². The van der Waals surface area contributed by atoms with Crippen LogP contribution in [-0.4, -0.2) is 41.1 Å². The van der Waals surface area contributed by atoms with Gasteiger partial charge in [-0.25, -0.2) is 18.7 Å². The van der Waals surface area contributed by atoms with Gasteiger partial charge in [-0.2, -0.15) is 0 Å². The zero-order valence-electron chi connectivity index (χ0n) is 14.4. The quantitative estimate of drug-likeness (QED) is 0.713. The summed E-state index contributed by atoms with van der Waals surface area (Å²) in [5, 5.41) is 1.59. The molecule has 1 aliphatic rings. The van der Waals surface area contributed by atoms with Crippen LogP contribution in [0.2, 0.25) is 5.02 Å². The summed E-state index contributed by atoms with van der Waals surface area (Å²) in [6.07, 6.45) is -2.77. The smallest absolute Gasteiger partial charge is 0.280 e. The Morgan fingerprint density at radius 1 is 1.19 bits per heavy atom. The molecule has 4 rings (SSSR count). The average molecular weight is 412 g/mol. The molecule has 1 fully saturated rings. The summed E-state index contributed by atoms with van der Waals surface area (Å²) in [4.78, 5) is 26.7. The SMILES string of the molecule is Cc1c(Cl)ccc2sc(N3CCN(c4nc(C(F)F)cc(=O)[nH]4)CC3)nc12. The molecule has 142 valence electrons. The van der Waals surface area contributed by atoms with Crippen molar-refractivity contribution >= 4 is 44.2 Å². The predicted octanol–water partition coefficient (Wildman–Crippen LogP) is 3.61. The van der Waals surface area contributed by atoms with Crippen molar-refractivity contribution in [2.45, 2.75) is 13.3 Å². The van der Waals surface area contributed by atoms with Crippen molar-refractivity contribution in [2.75, 3.05) is 36.0 Å². The van der Waals surface area contributed by atoms with E-state index in [1.54, 1.807) is 16.2 Å². The molecule has 1 N–H and O–H groups in total. The molecule has 0 amide bonds. The van der Waals surface area contributed by atoms with Gasteiger partial charge in [0.1, 0.15) is 5.69 Å². The Morgan fingerprint density at radius 2 is 1.89 bits per heavy atom. The van der Waals surface area contributed by atoms with E-state index in [2.05, 4.69) is 14.9 Å². The van der Waals surface area contributed by atoms with E-state index < -0.39 is 17.7 Å². The van der Waals surface area contributed by atoms with Crippen LogP contribution in [0.3, 0.4) is 0 Å². The first kappa shape index (κ1) is 18.1. The van der Waals surface area contributed by atoms with Crippen LogP contribution in [-0.2, 0) is 0 Å². The van der Waals surface area contributed by atoms with E-state index in [0.29, 0.717) is 31.2 Å². The number of rotatable bonds is 3. The van der Waals surface area contributed by atoms with Gasteiger partial charge in [0, 0.05) is 37.3 Å². The van der Waals surface area contributed by atoms with Crippen LogP contribution in [0.5, 0.6) is 0 Å². The lowest BCUT2D eigenvalue weighted by Crippen LogP contribution is -2.47. The van der Waals surface area contributed by atoms with Gasteiger partial charge >= 0.3 is 0 Å². The fourth-order valence-corrected chi connectivity index (χ4v) is 4.29. The molecule has 1 saturated heterocycles. The fraction of sp³-hybridized carbons (Fsp3) is 0.353. The number of fused-ring (bicyclic) bond motifs is 1. The first-order chi connectivity index (χ1) is 12.9. The summed E-state index contributed by atoms with van der Waals surface area (Å²) >= 11 is 7.77. The van der Waals surface area contributed by atoms with Crippen LogP contribution in [0.4, 0.5) is 19.9 Å². The van der Waals surface area contributed by atoms with E-state index in [1.165, 1.54) is 0 Å². The zero-order valence-corrected chi connectivity index (χ0v) is 15.9. The van der Waals surface area contributed by atoms with E-state index in [9.17, 15) is 13.6 Å². The summed E-state index contributed by atoms with van der Waals surface area (Å²) in [7, 11) is 0. The summed E-state index contributed by atoms with van der Waals surface area (Å²) in [6, 6.07) is 4.67. The number of thiazole rings is 1. The molecule has 2 aromatic heterocycles. The predicted molar refractivity (Wildman–Crippen MR) is 104 cm³/mol. The van der Waals surface area contributed by atoms with Crippen molar-refractivity contribution in [3.63, 3.8) is 0 Å². The molecule has 6 nitrogen and oxygen atoms in total. The number of aromatic amines is 1. The third kappa shape index (κ3) is 3.49. The van der Waals surface area contributed by atoms with Crippen molar-refractivity contribution < 1.29 is 8.78 Å². The highest BCUT2D eigenvalue weighted by molar-refractivity contribution is 7.22. The number of halogens is 3. The Bertz CT molecular complexity index is 1050. The minimum absolute atomic E-state index is 0.185. The highest BCUT2D eigenvalue weighted by Gasteiger charge is 2.23. The number of alkyl halides is 2. The second kappa shape index (κ2) is 7.05. The topological polar surface area (TPSA) is 65.1 Å². The fourth-order valence-electron chi connectivity index (χ4n) is 3.06. The number of H-pyrrole nitrogens is 1. The van der Waals surface area contributed by atoms with Crippen LogP contribution < -0.4 is 15.4 Å². The lowest BCUT2D eigenvalue weighted by atomic mass is 10.2. The average Bonchev–Trinajstić information content (AvgIpc) is 3.09. The molecule has 0 atom stereocenters. The summed E-state index contributed by atoms with van der Waals surface area (Å²) in [5.74, 6) is 0.185. The monoisotopic (exact) mass is 411 g/mol. The van der Waals surface area contributed by atoms with Gasteiger partial charge in [0.2, 0.25) is 5.95 Å². The van der Waals surface area contributed by atoms with Crippen LogP contribution in [0.1, 0.15) is 17.7 Å². The van der Waals surface area contributed by atoms with Crippen LogP contribution in [0.15, 0.2) is 23.0 Å². The number of aryl methyl sites for hydroxylation is 1. The second-order valence-electron chi connectivity index (χ2n) is 6.28. The summed E-state index contributed by atoms with van der Waals surface area (Å²) in [5.41, 5.74) is 0.785. The molecule has 0 spiro atoms. The maximum atomic E-state index is 12.9. The Hall–Kier alpha value is -2.26. The van der Waals surface area contributed by atoms with Gasteiger partial charge in [-0.3, -0.25) is 9.78 Å². The van der Waals surface area contributed by atoms with Gasteiger partial charge in [0.05, 0.1) is 10.2 Å². The maximum absolute atomic E-state index is 12.9. The van der Waals surface area contributed by atoms with Gasteiger partial charge in [0.25, 0.3) is 12.0 Å². The number of nitrogens with zero attached hydrogens (tertiary/aromatic N) is 4. The normalized spacial score (nSPS) is 15.1. The maximum Gasteiger partial charge on any atom is 0.280 e. The molecule has 0 bridgehead atoms. The highest BCUT2D eigenvalue weighted by atomic mass is 35.5. The van der Waals surface area contributed by atoms with Crippen molar-refractivity contribution in [2.24, 2.45) is 0 Å². The van der Waals surface area contributed by atoms with Gasteiger partial charge in [-0.15, -0.1) is 0 Å². The molecule has 0 saturated carbocycles. The Balaban J connectivity index is 1.53. The van der Waals surface area contributed by atoms with Gasteiger partial charge in [0.15, 0.2) is 5.13 Å². The molecule has 0 radical (unpaired) electrons. The second-order valence-corrected chi connectivity index (χ2v) is 7.70. The van der Waals surface area contributed by atoms with E-state index in [1.807, 2.05) is 19.1 Å². The number of anilines is 2. The number of piperazine rings is 1. The number of nitrogens with one attached hydrogen (secondary N) is 1. The highest BCUT2D eigenvalue weighted by Crippen LogP contribution is 2.34. The lowest BCUT2D eigenvalue weighted by molar-refractivity contribution is 0.146.